The molecule has 9 heteroatoms. The van der Waals surface area contributed by atoms with E-state index in [0.717, 1.165) is 18.9 Å². The highest BCUT2D eigenvalue weighted by atomic mass is 35.5. The van der Waals surface area contributed by atoms with Crippen LogP contribution in [-0.4, -0.2) is 17.6 Å². The molecule has 1 amide bonds. The molecule has 4 rings (SSSR count). The van der Waals surface area contributed by atoms with E-state index < -0.39 is 28.8 Å². The van der Waals surface area contributed by atoms with Gasteiger partial charge in [0.25, 0.3) is 5.91 Å². The lowest BCUT2D eigenvalue weighted by Gasteiger charge is -2.16. The molecule has 3 aromatic rings. The molecule has 156 valence electrons. The van der Waals surface area contributed by atoms with Crippen LogP contribution < -0.4 is 15.5 Å². The molecule has 0 spiro atoms. The molecular formula is C21H16ClF3N2O3. The van der Waals surface area contributed by atoms with Crippen LogP contribution in [0, 0.1) is 17.5 Å². The van der Waals surface area contributed by atoms with E-state index in [1.165, 1.54) is 31.5 Å². The molecule has 2 aromatic carbocycles. The normalized spacial score (nSPS) is 13.5. The molecule has 1 fully saturated rings. The van der Waals surface area contributed by atoms with Crippen LogP contribution in [0.2, 0.25) is 5.02 Å². The first-order valence-electron chi connectivity index (χ1n) is 9.15. The monoisotopic (exact) mass is 436 g/mol. The Morgan fingerprint density at radius 1 is 1.27 bits per heavy atom. The average molecular weight is 437 g/mol. The molecule has 0 aliphatic heterocycles. The number of aromatic nitrogens is 1. The SMILES string of the molecule is COc1c(F)c(F)cc2c(=O)c(C(=O)NCc3c(F)cccc3Cl)cn(C3CC3)c12. The van der Waals surface area contributed by atoms with Crippen molar-refractivity contribution in [3.63, 3.8) is 0 Å². The number of hydrogen-bond acceptors (Lipinski definition) is 3. The van der Waals surface area contributed by atoms with E-state index in [2.05, 4.69) is 5.32 Å². The number of amides is 1. The van der Waals surface area contributed by atoms with E-state index >= 15 is 0 Å². The maximum Gasteiger partial charge on any atom is 0.257 e. The fraction of sp³-hybridized carbons (Fsp3) is 0.238. The number of carbonyl (C=O) groups is 1. The lowest BCUT2D eigenvalue weighted by molar-refractivity contribution is 0.0949. The number of ether oxygens (including phenoxy) is 1. The summed E-state index contributed by atoms with van der Waals surface area (Å²) in [5, 5.41) is 2.43. The Bertz CT molecular complexity index is 1220. The standard InChI is InChI=1S/C21H16ClF3N2O3/c1-30-20-17(25)16(24)7-11-18(20)27(10-5-6-10)9-13(19(11)28)21(29)26-8-12-14(22)3-2-4-15(12)23/h2-4,7,9-10H,5-6,8H2,1H3,(H,26,29). The number of carbonyl (C=O) groups excluding carboxylic acids is 1. The van der Waals surface area contributed by atoms with Crippen molar-refractivity contribution in [1.82, 2.24) is 9.88 Å². The summed E-state index contributed by atoms with van der Waals surface area (Å²) in [6, 6.07) is 4.80. The van der Waals surface area contributed by atoms with Gasteiger partial charge in [0.2, 0.25) is 11.2 Å². The second-order valence-corrected chi connectivity index (χ2v) is 7.40. The first kappa shape index (κ1) is 20.3. The van der Waals surface area contributed by atoms with Gasteiger partial charge in [-0.15, -0.1) is 0 Å². The number of pyridine rings is 1. The number of nitrogens with zero attached hydrogens (tertiary/aromatic N) is 1. The zero-order chi connectivity index (χ0) is 21.6. The van der Waals surface area contributed by atoms with Gasteiger partial charge in [-0.25, -0.2) is 8.78 Å². The number of halogens is 4. The summed E-state index contributed by atoms with van der Waals surface area (Å²) in [4.78, 5) is 25.6. The molecule has 1 aromatic heterocycles. The molecule has 0 radical (unpaired) electrons. The molecule has 1 aliphatic rings. The highest BCUT2D eigenvalue weighted by Crippen LogP contribution is 2.40. The van der Waals surface area contributed by atoms with Crippen molar-refractivity contribution in [2.24, 2.45) is 0 Å². The molecule has 1 aliphatic carbocycles. The van der Waals surface area contributed by atoms with Crippen LogP contribution in [-0.2, 0) is 6.54 Å². The molecule has 30 heavy (non-hydrogen) atoms. The summed E-state index contributed by atoms with van der Waals surface area (Å²) in [5.41, 5.74) is -0.880. The Morgan fingerprint density at radius 3 is 2.63 bits per heavy atom. The minimum absolute atomic E-state index is 0.0700. The molecule has 0 saturated heterocycles. The molecule has 0 atom stereocenters. The van der Waals surface area contributed by atoms with Crippen molar-refractivity contribution in [3.8, 4) is 5.75 Å². The number of methoxy groups -OCH3 is 1. The van der Waals surface area contributed by atoms with Gasteiger partial charge in [-0.3, -0.25) is 9.59 Å². The quantitative estimate of drug-likeness (QED) is 0.647. The lowest BCUT2D eigenvalue weighted by Crippen LogP contribution is -2.30. The van der Waals surface area contributed by atoms with Crippen molar-refractivity contribution in [3.05, 3.63) is 74.3 Å². The number of hydrogen-bond donors (Lipinski definition) is 1. The summed E-state index contributed by atoms with van der Waals surface area (Å²) < 4.78 is 48.8. The zero-order valence-electron chi connectivity index (χ0n) is 15.8. The second-order valence-electron chi connectivity index (χ2n) is 7.00. The van der Waals surface area contributed by atoms with Crippen molar-refractivity contribution < 1.29 is 22.7 Å². The summed E-state index contributed by atoms with van der Waals surface area (Å²) in [6.07, 6.45) is 2.82. The fourth-order valence-electron chi connectivity index (χ4n) is 3.38. The Labute approximate surface area is 174 Å². The lowest BCUT2D eigenvalue weighted by atomic mass is 10.1. The summed E-state index contributed by atoms with van der Waals surface area (Å²) >= 11 is 5.96. The van der Waals surface area contributed by atoms with Crippen LogP contribution in [0.15, 0.2) is 35.3 Å². The van der Waals surface area contributed by atoms with Crippen molar-refractivity contribution in [2.45, 2.75) is 25.4 Å². The number of nitrogens with one attached hydrogen (secondary N) is 1. The van der Waals surface area contributed by atoms with Crippen LogP contribution in [0.4, 0.5) is 13.2 Å². The van der Waals surface area contributed by atoms with E-state index in [0.29, 0.717) is 0 Å². The van der Waals surface area contributed by atoms with Gasteiger partial charge in [0.15, 0.2) is 11.6 Å². The smallest absolute Gasteiger partial charge is 0.257 e. The van der Waals surface area contributed by atoms with E-state index in [1.54, 1.807) is 4.57 Å². The van der Waals surface area contributed by atoms with E-state index in [1.807, 2.05) is 0 Å². The van der Waals surface area contributed by atoms with Gasteiger partial charge in [-0.1, -0.05) is 17.7 Å². The van der Waals surface area contributed by atoms with Gasteiger partial charge in [0.1, 0.15) is 11.4 Å². The molecule has 5 nitrogen and oxygen atoms in total. The predicted octanol–water partition coefficient (Wildman–Crippen LogP) is 4.35. The second kappa shape index (κ2) is 7.68. The van der Waals surface area contributed by atoms with E-state index in [-0.39, 0.29) is 45.4 Å². The third-order valence-corrected chi connectivity index (χ3v) is 5.40. The summed E-state index contributed by atoms with van der Waals surface area (Å²) in [7, 11) is 1.18. The van der Waals surface area contributed by atoms with Crippen molar-refractivity contribution >= 4 is 28.4 Å². The van der Waals surface area contributed by atoms with Crippen LogP contribution in [0.1, 0.15) is 34.8 Å². The van der Waals surface area contributed by atoms with Crippen molar-refractivity contribution in [2.75, 3.05) is 7.11 Å². The highest BCUT2D eigenvalue weighted by molar-refractivity contribution is 6.31. The van der Waals surface area contributed by atoms with Crippen LogP contribution >= 0.6 is 11.6 Å². The summed E-state index contributed by atoms with van der Waals surface area (Å²) in [5.74, 6) is -4.22. The number of fused-ring (bicyclic) bond motifs is 1. The average Bonchev–Trinajstić information content (AvgIpc) is 3.54. The summed E-state index contributed by atoms with van der Waals surface area (Å²) in [6.45, 7) is -0.244. The van der Waals surface area contributed by atoms with Crippen LogP contribution in [0.25, 0.3) is 10.9 Å². The predicted molar refractivity (Wildman–Crippen MR) is 106 cm³/mol. The van der Waals surface area contributed by atoms with Crippen LogP contribution in [0.3, 0.4) is 0 Å². The molecule has 0 bridgehead atoms. The Hall–Kier alpha value is -3.00. The van der Waals surface area contributed by atoms with Crippen molar-refractivity contribution in [1.29, 1.82) is 0 Å². The van der Waals surface area contributed by atoms with Gasteiger partial charge in [0.05, 0.1) is 18.0 Å². The largest absolute Gasteiger partial charge is 0.491 e. The third-order valence-electron chi connectivity index (χ3n) is 5.04. The number of benzene rings is 2. The van der Waals surface area contributed by atoms with E-state index in [9.17, 15) is 22.8 Å². The fourth-order valence-corrected chi connectivity index (χ4v) is 3.61. The topological polar surface area (TPSA) is 60.3 Å². The first-order chi connectivity index (χ1) is 14.3. The molecule has 1 N–H and O–H groups in total. The van der Waals surface area contributed by atoms with Gasteiger partial charge in [-0.05, 0) is 31.0 Å². The van der Waals surface area contributed by atoms with Gasteiger partial charge in [0, 0.05) is 29.4 Å². The Morgan fingerprint density at radius 2 is 2.00 bits per heavy atom. The minimum Gasteiger partial charge on any atom is -0.491 e. The molecular weight excluding hydrogens is 421 g/mol. The van der Waals surface area contributed by atoms with Gasteiger partial charge < -0.3 is 14.6 Å². The maximum atomic E-state index is 14.2. The van der Waals surface area contributed by atoms with E-state index in [4.69, 9.17) is 16.3 Å². The molecule has 1 saturated carbocycles. The maximum absolute atomic E-state index is 14.2. The highest BCUT2D eigenvalue weighted by Gasteiger charge is 2.30. The van der Waals surface area contributed by atoms with Gasteiger partial charge in [-0.2, -0.15) is 4.39 Å². The Balaban J connectivity index is 1.80. The molecule has 0 unspecified atom stereocenters. The minimum atomic E-state index is -1.26. The zero-order valence-corrected chi connectivity index (χ0v) is 16.5. The third kappa shape index (κ3) is 3.41. The molecule has 1 heterocycles. The Kier molecular flexibility index (Phi) is 5.19. The van der Waals surface area contributed by atoms with Crippen LogP contribution in [0.5, 0.6) is 5.75 Å². The first-order valence-corrected chi connectivity index (χ1v) is 9.53. The van der Waals surface area contributed by atoms with Gasteiger partial charge >= 0.3 is 0 Å². The number of rotatable bonds is 5.